The van der Waals surface area contributed by atoms with Crippen LogP contribution in [0.3, 0.4) is 0 Å². The number of amides is 1. The number of nitrogens with two attached hydrogens (primary N) is 1. The van der Waals surface area contributed by atoms with E-state index >= 15 is 0 Å². The molecule has 0 atom stereocenters. The average Bonchev–Trinajstić information content (AvgIpc) is 2.35. The maximum absolute atomic E-state index is 13.5. The van der Waals surface area contributed by atoms with Crippen molar-refractivity contribution in [3.63, 3.8) is 0 Å². The topological polar surface area (TPSA) is 52.3 Å². The zero-order chi connectivity index (χ0) is 14.9. The van der Waals surface area contributed by atoms with Crippen LogP contribution in [-0.4, -0.2) is 5.91 Å². The number of hydrogen-bond acceptors (Lipinski definition) is 2. The van der Waals surface area contributed by atoms with Crippen molar-refractivity contribution in [3.8, 4) is 11.5 Å². The second-order valence-electron chi connectivity index (χ2n) is 3.81. The van der Waals surface area contributed by atoms with Crippen LogP contribution in [-0.2, 0) is 0 Å². The van der Waals surface area contributed by atoms with Gasteiger partial charge in [-0.1, -0.05) is 27.5 Å². The molecule has 1 amide bonds. The SMILES string of the molecule is NC(=O)c1ccc(Oc2cc(Br)cc(F)c2F)cc1Cl. The number of carbonyl (C=O) groups is 1. The molecule has 0 radical (unpaired) electrons. The van der Waals surface area contributed by atoms with Gasteiger partial charge in [-0.3, -0.25) is 4.79 Å². The smallest absolute Gasteiger partial charge is 0.250 e. The van der Waals surface area contributed by atoms with E-state index < -0.39 is 17.5 Å². The Balaban J connectivity index is 2.36. The Bertz CT molecular complexity index is 694. The molecular formula is C13H7BrClF2NO2. The number of carbonyl (C=O) groups excluding carboxylic acids is 1. The van der Waals surface area contributed by atoms with E-state index in [1.807, 2.05) is 0 Å². The maximum atomic E-state index is 13.5. The summed E-state index contributed by atoms with van der Waals surface area (Å²) in [6, 6.07) is 6.26. The summed E-state index contributed by atoms with van der Waals surface area (Å²) in [7, 11) is 0. The highest BCUT2D eigenvalue weighted by Crippen LogP contribution is 2.31. The summed E-state index contributed by atoms with van der Waals surface area (Å²) in [6.07, 6.45) is 0. The highest BCUT2D eigenvalue weighted by molar-refractivity contribution is 9.10. The molecule has 0 fully saturated rings. The van der Waals surface area contributed by atoms with Crippen LogP contribution < -0.4 is 10.5 Å². The van der Waals surface area contributed by atoms with Crippen molar-refractivity contribution in [1.29, 1.82) is 0 Å². The van der Waals surface area contributed by atoms with Crippen LogP contribution in [0, 0.1) is 11.6 Å². The van der Waals surface area contributed by atoms with E-state index in [0.29, 0.717) is 4.47 Å². The summed E-state index contributed by atoms with van der Waals surface area (Å²) in [5.74, 6) is -3.02. The van der Waals surface area contributed by atoms with Crippen molar-refractivity contribution in [2.45, 2.75) is 0 Å². The second-order valence-corrected chi connectivity index (χ2v) is 5.13. The molecule has 3 nitrogen and oxygen atoms in total. The number of primary amides is 1. The molecule has 0 aliphatic heterocycles. The summed E-state index contributed by atoms with van der Waals surface area (Å²) >= 11 is 8.87. The molecule has 7 heteroatoms. The van der Waals surface area contributed by atoms with Crippen LogP contribution >= 0.6 is 27.5 Å². The molecule has 0 bridgehead atoms. The zero-order valence-electron chi connectivity index (χ0n) is 9.79. The Hall–Kier alpha value is -1.66. The molecular weight excluding hydrogens is 356 g/mol. The first-order valence-corrected chi connectivity index (χ1v) is 6.47. The minimum atomic E-state index is -1.12. The fourth-order valence-electron chi connectivity index (χ4n) is 1.49. The normalized spacial score (nSPS) is 10.4. The van der Waals surface area contributed by atoms with Crippen LogP contribution in [0.1, 0.15) is 10.4 Å². The van der Waals surface area contributed by atoms with E-state index in [0.717, 1.165) is 6.07 Å². The predicted octanol–water partition coefficient (Wildman–Crippen LogP) is 4.27. The average molecular weight is 363 g/mol. The molecule has 0 saturated heterocycles. The van der Waals surface area contributed by atoms with Crippen molar-refractivity contribution in [1.82, 2.24) is 0 Å². The zero-order valence-corrected chi connectivity index (χ0v) is 12.1. The van der Waals surface area contributed by atoms with Crippen molar-refractivity contribution >= 4 is 33.4 Å². The summed E-state index contributed by atoms with van der Waals surface area (Å²) < 4.78 is 32.3. The fraction of sp³-hybridized carbons (Fsp3) is 0. The molecule has 0 aromatic heterocycles. The molecule has 0 aliphatic carbocycles. The third-order valence-corrected chi connectivity index (χ3v) is 3.16. The molecule has 0 heterocycles. The third-order valence-electron chi connectivity index (χ3n) is 2.39. The van der Waals surface area contributed by atoms with Gasteiger partial charge < -0.3 is 10.5 Å². The molecule has 0 saturated carbocycles. The van der Waals surface area contributed by atoms with Gasteiger partial charge in [-0.2, -0.15) is 4.39 Å². The molecule has 2 aromatic carbocycles. The lowest BCUT2D eigenvalue weighted by Crippen LogP contribution is -2.11. The molecule has 0 spiro atoms. The summed E-state index contributed by atoms with van der Waals surface area (Å²) in [4.78, 5) is 11.0. The van der Waals surface area contributed by atoms with E-state index in [1.165, 1.54) is 24.3 Å². The van der Waals surface area contributed by atoms with Crippen molar-refractivity contribution in [2.75, 3.05) is 0 Å². The largest absolute Gasteiger partial charge is 0.454 e. The van der Waals surface area contributed by atoms with Gasteiger partial charge in [-0.15, -0.1) is 0 Å². The lowest BCUT2D eigenvalue weighted by molar-refractivity contribution is 0.100. The van der Waals surface area contributed by atoms with Gasteiger partial charge in [0.15, 0.2) is 11.6 Å². The monoisotopic (exact) mass is 361 g/mol. The lowest BCUT2D eigenvalue weighted by atomic mass is 10.2. The minimum absolute atomic E-state index is 0.0610. The first-order chi connectivity index (χ1) is 9.38. The van der Waals surface area contributed by atoms with E-state index in [1.54, 1.807) is 0 Å². The van der Waals surface area contributed by atoms with Gasteiger partial charge in [0.25, 0.3) is 0 Å². The van der Waals surface area contributed by atoms with E-state index in [9.17, 15) is 13.6 Å². The van der Waals surface area contributed by atoms with E-state index in [-0.39, 0.29) is 22.1 Å². The Morgan fingerprint density at radius 2 is 1.95 bits per heavy atom. The standard InChI is InChI=1S/C13H7BrClF2NO2/c14-6-3-10(16)12(17)11(4-6)20-7-1-2-8(13(18)19)9(15)5-7/h1-5H,(H2,18,19). The summed E-state index contributed by atoms with van der Waals surface area (Å²) in [5.41, 5.74) is 5.21. The van der Waals surface area contributed by atoms with Crippen molar-refractivity contribution in [2.24, 2.45) is 5.73 Å². The van der Waals surface area contributed by atoms with Crippen LogP contribution in [0.15, 0.2) is 34.8 Å². The number of ether oxygens (including phenoxy) is 1. The summed E-state index contributed by atoms with van der Waals surface area (Å²) in [5, 5.41) is 0.0610. The Kier molecular flexibility index (Phi) is 4.25. The first-order valence-electron chi connectivity index (χ1n) is 5.30. The molecule has 104 valence electrons. The maximum Gasteiger partial charge on any atom is 0.250 e. The number of benzene rings is 2. The van der Waals surface area contributed by atoms with Gasteiger partial charge in [-0.25, -0.2) is 4.39 Å². The molecule has 2 aromatic rings. The van der Waals surface area contributed by atoms with Crippen LogP contribution in [0.5, 0.6) is 11.5 Å². The van der Waals surface area contributed by atoms with Gasteiger partial charge >= 0.3 is 0 Å². The Labute approximate surface area is 126 Å². The number of hydrogen-bond donors (Lipinski definition) is 1. The molecule has 20 heavy (non-hydrogen) atoms. The minimum Gasteiger partial charge on any atom is -0.454 e. The van der Waals surface area contributed by atoms with Gasteiger partial charge in [0, 0.05) is 10.5 Å². The number of halogens is 4. The van der Waals surface area contributed by atoms with Gasteiger partial charge in [0.05, 0.1) is 10.6 Å². The molecule has 2 rings (SSSR count). The molecule has 0 unspecified atom stereocenters. The van der Waals surface area contributed by atoms with Crippen molar-refractivity contribution in [3.05, 3.63) is 57.0 Å². The highest BCUT2D eigenvalue weighted by Gasteiger charge is 2.13. The van der Waals surface area contributed by atoms with Crippen LogP contribution in [0.4, 0.5) is 8.78 Å². The van der Waals surface area contributed by atoms with Gasteiger partial charge in [0.2, 0.25) is 11.7 Å². The predicted molar refractivity (Wildman–Crippen MR) is 74.1 cm³/mol. The van der Waals surface area contributed by atoms with Crippen LogP contribution in [0.2, 0.25) is 5.02 Å². The Morgan fingerprint density at radius 1 is 1.25 bits per heavy atom. The van der Waals surface area contributed by atoms with Crippen LogP contribution in [0.25, 0.3) is 0 Å². The van der Waals surface area contributed by atoms with E-state index in [2.05, 4.69) is 15.9 Å². The quantitative estimate of drug-likeness (QED) is 0.829. The first kappa shape index (κ1) is 14.7. The second kappa shape index (κ2) is 5.76. The highest BCUT2D eigenvalue weighted by atomic mass is 79.9. The van der Waals surface area contributed by atoms with Gasteiger partial charge in [-0.05, 0) is 24.3 Å². The van der Waals surface area contributed by atoms with Gasteiger partial charge in [0.1, 0.15) is 5.75 Å². The van der Waals surface area contributed by atoms with E-state index in [4.69, 9.17) is 22.1 Å². The number of rotatable bonds is 3. The fourth-order valence-corrected chi connectivity index (χ4v) is 2.17. The summed E-state index contributed by atoms with van der Waals surface area (Å²) in [6.45, 7) is 0. The Morgan fingerprint density at radius 3 is 2.55 bits per heavy atom. The third kappa shape index (κ3) is 3.08. The molecule has 0 aliphatic rings. The lowest BCUT2D eigenvalue weighted by Gasteiger charge is -2.09. The van der Waals surface area contributed by atoms with Crippen molar-refractivity contribution < 1.29 is 18.3 Å². The molecule has 2 N–H and O–H groups in total.